The summed E-state index contributed by atoms with van der Waals surface area (Å²) < 4.78 is 0. The fourth-order valence-electron chi connectivity index (χ4n) is 2.60. The predicted molar refractivity (Wildman–Crippen MR) is 60.6 cm³/mol. The van der Waals surface area contributed by atoms with E-state index >= 15 is 0 Å². The second kappa shape index (κ2) is 5.35. The SMILES string of the molecule is CCN(C(C)CC(=N)N)C1CCCC1. The molecule has 0 saturated heterocycles. The Morgan fingerprint density at radius 1 is 1.50 bits per heavy atom. The molecule has 0 aromatic carbocycles. The van der Waals surface area contributed by atoms with Gasteiger partial charge in [0.05, 0.1) is 5.84 Å². The molecule has 82 valence electrons. The van der Waals surface area contributed by atoms with Gasteiger partial charge in [0.15, 0.2) is 0 Å². The van der Waals surface area contributed by atoms with Gasteiger partial charge in [0.1, 0.15) is 0 Å². The van der Waals surface area contributed by atoms with Crippen molar-refractivity contribution in [1.82, 2.24) is 4.90 Å². The number of amidine groups is 1. The summed E-state index contributed by atoms with van der Waals surface area (Å²) in [7, 11) is 0. The lowest BCUT2D eigenvalue weighted by molar-refractivity contribution is 0.157. The first-order valence-electron chi connectivity index (χ1n) is 5.73. The number of hydrogen-bond donors (Lipinski definition) is 2. The molecule has 14 heavy (non-hydrogen) atoms. The van der Waals surface area contributed by atoms with Gasteiger partial charge in [-0.3, -0.25) is 10.3 Å². The van der Waals surface area contributed by atoms with Gasteiger partial charge >= 0.3 is 0 Å². The Balaban J connectivity index is 2.46. The zero-order valence-electron chi connectivity index (χ0n) is 9.42. The van der Waals surface area contributed by atoms with Crippen LogP contribution in [-0.4, -0.2) is 29.4 Å². The zero-order chi connectivity index (χ0) is 10.6. The molecule has 0 aromatic rings. The van der Waals surface area contributed by atoms with Crippen LogP contribution in [0.25, 0.3) is 0 Å². The Morgan fingerprint density at radius 3 is 2.50 bits per heavy atom. The van der Waals surface area contributed by atoms with Crippen LogP contribution in [0.2, 0.25) is 0 Å². The van der Waals surface area contributed by atoms with E-state index in [9.17, 15) is 0 Å². The molecule has 0 aromatic heterocycles. The Morgan fingerprint density at radius 2 is 2.07 bits per heavy atom. The van der Waals surface area contributed by atoms with Gasteiger partial charge in [-0.25, -0.2) is 0 Å². The highest BCUT2D eigenvalue weighted by atomic mass is 15.2. The summed E-state index contributed by atoms with van der Waals surface area (Å²) in [6.07, 6.45) is 6.11. The normalized spacial score (nSPS) is 20.2. The van der Waals surface area contributed by atoms with Gasteiger partial charge in [0, 0.05) is 18.5 Å². The first-order valence-corrected chi connectivity index (χ1v) is 5.73. The van der Waals surface area contributed by atoms with E-state index in [-0.39, 0.29) is 0 Å². The van der Waals surface area contributed by atoms with Gasteiger partial charge in [0.2, 0.25) is 0 Å². The lowest BCUT2D eigenvalue weighted by atomic mass is 10.1. The lowest BCUT2D eigenvalue weighted by Gasteiger charge is -2.33. The minimum Gasteiger partial charge on any atom is -0.388 e. The molecule has 0 heterocycles. The van der Waals surface area contributed by atoms with Crippen molar-refractivity contribution < 1.29 is 0 Å². The van der Waals surface area contributed by atoms with Crippen LogP contribution in [0, 0.1) is 5.41 Å². The number of rotatable bonds is 5. The van der Waals surface area contributed by atoms with Crippen LogP contribution in [0.15, 0.2) is 0 Å². The van der Waals surface area contributed by atoms with Crippen molar-refractivity contribution >= 4 is 5.84 Å². The maximum absolute atomic E-state index is 7.32. The van der Waals surface area contributed by atoms with Crippen LogP contribution in [0.1, 0.15) is 46.0 Å². The van der Waals surface area contributed by atoms with Gasteiger partial charge in [-0.1, -0.05) is 19.8 Å². The van der Waals surface area contributed by atoms with E-state index in [2.05, 4.69) is 18.7 Å². The largest absolute Gasteiger partial charge is 0.388 e. The van der Waals surface area contributed by atoms with Crippen LogP contribution in [0.3, 0.4) is 0 Å². The van der Waals surface area contributed by atoms with E-state index in [0.717, 1.165) is 12.6 Å². The van der Waals surface area contributed by atoms with Crippen LogP contribution >= 0.6 is 0 Å². The van der Waals surface area contributed by atoms with Crippen molar-refractivity contribution in [3.63, 3.8) is 0 Å². The molecular weight excluding hydrogens is 174 g/mol. The second-order valence-electron chi connectivity index (χ2n) is 4.35. The van der Waals surface area contributed by atoms with Crippen molar-refractivity contribution in [3.05, 3.63) is 0 Å². The van der Waals surface area contributed by atoms with Crippen LogP contribution < -0.4 is 5.73 Å². The molecule has 0 radical (unpaired) electrons. The monoisotopic (exact) mass is 197 g/mol. The molecule has 1 atom stereocenters. The molecule has 1 rings (SSSR count). The molecule has 3 nitrogen and oxygen atoms in total. The standard InChI is InChI=1S/C11H23N3/c1-3-14(9(2)8-11(12)13)10-6-4-5-7-10/h9-10H,3-8H2,1-2H3,(H3,12,13). The number of nitrogens with two attached hydrogens (primary N) is 1. The van der Waals surface area contributed by atoms with Gasteiger partial charge in [-0.2, -0.15) is 0 Å². The van der Waals surface area contributed by atoms with E-state index in [1.165, 1.54) is 25.7 Å². The van der Waals surface area contributed by atoms with Crippen LogP contribution in [-0.2, 0) is 0 Å². The predicted octanol–water partition coefficient (Wildman–Crippen LogP) is 1.97. The van der Waals surface area contributed by atoms with E-state index in [4.69, 9.17) is 11.1 Å². The molecule has 3 heteroatoms. The smallest absolute Gasteiger partial charge is 0.0920 e. The topological polar surface area (TPSA) is 53.1 Å². The second-order valence-corrected chi connectivity index (χ2v) is 4.35. The molecule has 0 aliphatic heterocycles. The molecule has 1 aliphatic rings. The van der Waals surface area contributed by atoms with Crippen molar-refractivity contribution in [2.75, 3.05) is 6.54 Å². The van der Waals surface area contributed by atoms with E-state index in [1.807, 2.05) is 0 Å². The van der Waals surface area contributed by atoms with Crippen molar-refractivity contribution in [3.8, 4) is 0 Å². The molecule has 1 saturated carbocycles. The van der Waals surface area contributed by atoms with Gasteiger partial charge in [-0.15, -0.1) is 0 Å². The Bertz CT molecular complexity index is 185. The number of hydrogen-bond acceptors (Lipinski definition) is 2. The molecule has 0 bridgehead atoms. The summed E-state index contributed by atoms with van der Waals surface area (Å²) in [6.45, 7) is 5.47. The summed E-state index contributed by atoms with van der Waals surface area (Å²) in [4.78, 5) is 2.51. The van der Waals surface area contributed by atoms with Crippen molar-refractivity contribution in [1.29, 1.82) is 5.41 Å². The summed E-state index contributed by atoms with van der Waals surface area (Å²) in [5.74, 6) is 0.314. The van der Waals surface area contributed by atoms with Gasteiger partial charge in [0.25, 0.3) is 0 Å². The highest BCUT2D eigenvalue weighted by Crippen LogP contribution is 2.25. The molecule has 1 fully saturated rings. The maximum Gasteiger partial charge on any atom is 0.0920 e. The Hall–Kier alpha value is -0.570. The lowest BCUT2D eigenvalue weighted by Crippen LogP contribution is -2.42. The maximum atomic E-state index is 7.32. The fraction of sp³-hybridized carbons (Fsp3) is 0.909. The number of nitrogens with one attached hydrogen (secondary N) is 1. The summed E-state index contributed by atoms with van der Waals surface area (Å²) >= 11 is 0. The summed E-state index contributed by atoms with van der Waals surface area (Å²) in [5.41, 5.74) is 5.44. The third kappa shape index (κ3) is 2.98. The highest BCUT2D eigenvalue weighted by Gasteiger charge is 2.25. The average Bonchev–Trinajstić information content (AvgIpc) is 2.57. The molecule has 0 spiro atoms. The first-order chi connectivity index (χ1) is 6.65. The molecule has 0 amide bonds. The molecule has 3 N–H and O–H groups in total. The number of nitrogens with zero attached hydrogens (tertiary/aromatic N) is 1. The average molecular weight is 197 g/mol. The van der Waals surface area contributed by atoms with Crippen molar-refractivity contribution in [2.45, 2.75) is 58.0 Å². The summed E-state index contributed by atoms with van der Waals surface area (Å²) in [6, 6.07) is 1.18. The van der Waals surface area contributed by atoms with Crippen LogP contribution in [0.4, 0.5) is 0 Å². The molecular formula is C11H23N3. The Kier molecular flexibility index (Phi) is 4.39. The third-order valence-corrected chi connectivity index (χ3v) is 3.24. The minimum atomic E-state index is 0.314. The van der Waals surface area contributed by atoms with E-state index in [1.54, 1.807) is 0 Å². The fourth-order valence-corrected chi connectivity index (χ4v) is 2.60. The highest BCUT2D eigenvalue weighted by molar-refractivity contribution is 5.77. The van der Waals surface area contributed by atoms with Gasteiger partial charge in [-0.05, 0) is 26.3 Å². The molecule has 1 unspecified atom stereocenters. The van der Waals surface area contributed by atoms with E-state index in [0.29, 0.717) is 18.3 Å². The van der Waals surface area contributed by atoms with Crippen LogP contribution in [0.5, 0.6) is 0 Å². The first kappa shape index (κ1) is 11.5. The molecule has 1 aliphatic carbocycles. The van der Waals surface area contributed by atoms with E-state index < -0.39 is 0 Å². The third-order valence-electron chi connectivity index (χ3n) is 3.24. The Labute approximate surface area is 87.2 Å². The van der Waals surface area contributed by atoms with Gasteiger partial charge < -0.3 is 5.73 Å². The van der Waals surface area contributed by atoms with Crippen molar-refractivity contribution in [2.24, 2.45) is 5.73 Å². The zero-order valence-corrected chi connectivity index (χ0v) is 9.42. The summed E-state index contributed by atoms with van der Waals surface area (Å²) in [5, 5.41) is 7.32. The quantitative estimate of drug-likeness (QED) is 0.523. The minimum absolute atomic E-state index is 0.314.